The van der Waals surface area contributed by atoms with Gasteiger partial charge >= 0.3 is 5.97 Å². The molecule has 2 fully saturated rings. The second-order valence-electron chi connectivity index (χ2n) is 6.82. The summed E-state index contributed by atoms with van der Waals surface area (Å²) in [6, 6.07) is 18.8. The minimum absolute atomic E-state index is 0.170. The summed E-state index contributed by atoms with van der Waals surface area (Å²) in [5.41, 5.74) is 1.80. The van der Waals surface area contributed by atoms with Gasteiger partial charge < -0.3 is 4.74 Å². The molecule has 0 radical (unpaired) electrons. The summed E-state index contributed by atoms with van der Waals surface area (Å²) in [5, 5.41) is 0. The SMILES string of the molecule is O=C(OCc1ccccc1)C1CC2C(=O)N(Cc3ccccc3)C(=O)C12. The highest BCUT2D eigenvalue weighted by Crippen LogP contribution is 2.48. The molecule has 5 nitrogen and oxygen atoms in total. The third kappa shape index (κ3) is 2.90. The van der Waals surface area contributed by atoms with Gasteiger partial charge in [-0.15, -0.1) is 0 Å². The number of benzene rings is 2. The van der Waals surface area contributed by atoms with E-state index >= 15 is 0 Å². The molecular weight excluding hydrogens is 330 g/mol. The molecule has 2 aromatic carbocycles. The van der Waals surface area contributed by atoms with E-state index in [2.05, 4.69) is 0 Å². The van der Waals surface area contributed by atoms with Crippen molar-refractivity contribution in [1.29, 1.82) is 0 Å². The van der Waals surface area contributed by atoms with E-state index in [0.29, 0.717) is 6.42 Å². The maximum absolute atomic E-state index is 12.7. The molecule has 1 saturated heterocycles. The second kappa shape index (κ2) is 6.75. The number of hydrogen-bond acceptors (Lipinski definition) is 4. The Morgan fingerprint density at radius 2 is 1.54 bits per heavy atom. The molecule has 2 aromatic rings. The number of fused-ring (bicyclic) bond motifs is 1. The predicted molar refractivity (Wildman–Crippen MR) is 93.3 cm³/mol. The maximum atomic E-state index is 12.7. The lowest BCUT2D eigenvalue weighted by Crippen LogP contribution is -2.44. The first kappa shape index (κ1) is 16.5. The minimum atomic E-state index is -0.561. The van der Waals surface area contributed by atoms with E-state index in [1.54, 1.807) is 0 Å². The van der Waals surface area contributed by atoms with Crippen LogP contribution in [-0.2, 0) is 32.3 Å². The van der Waals surface area contributed by atoms with Crippen LogP contribution >= 0.6 is 0 Å². The molecule has 0 aromatic heterocycles. The van der Waals surface area contributed by atoms with E-state index in [9.17, 15) is 14.4 Å². The smallest absolute Gasteiger partial charge is 0.310 e. The molecule has 3 unspecified atom stereocenters. The van der Waals surface area contributed by atoms with E-state index in [1.807, 2.05) is 60.7 Å². The maximum Gasteiger partial charge on any atom is 0.310 e. The quantitative estimate of drug-likeness (QED) is 0.615. The van der Waals surface area contributed by atoms with Crippen LogP contribution in [0.3, 0.4) is 0 Å². The second-order valence-corrected chi connectivity index (χ2v) is 6.82. The number of rotatable bonds is 5. The first-order chi connectivity index (χ1) is 12.6. The van der Waals surface area contributed by atoms with Gasteiger partial charge in [-0.05, 0) is 17.5 Å². The Morgan fingerprint density at radius 3 is 2.19 bits per heavy atom. The number of imide groups is 1. The van der Waals surface area contributed by atoms with Gasteiger partial charge in [0.05, 0.1) is 24.3 Å². The van der Waals surface area contributed by atoms with Gasteiger partial charge in [-0.25, -0.2) is 0 Å². The molecule has 1 aliphatic carbocycles. The molecule has 1 aliphatic heterocycles. The van der Waals surface area contributed by atoms with Crippen LogP contribution in [0.2, 0.25) is 0 Å². The van der Waals surface area contributed by atoms with Crippen molar-refractivity contribution < 1.29 is 19.1 Å². The zero-order valence-electron chi connectivity index (χ0n) is 14.2. The number of likely N-dealkylation sites (tertiary alicyclic amines) is 1. The Kier molecular flexibility index (Phi) is 4.29. The molecule has 1 saturated carbocycles. The highest BCUT2D eigenvalue weighted by Gasteiger charge is 2.61. The number of hydrogen-bond donors (Lipinski definition) is 0. The highest BCUT2D eigenvalue weighted by atomic mass is 16.5. The lowest BCUT2D eigenvalue weighted by Gasteiger charge is -2.34. The van der Waals surface area contributed by atoms with Gasteiger partial charge in [-0.3, -0.25) is 19.3 Å². The summed E-state index contributed by atoms with van der Waals surface area (Å²) in [7, 11) is 0. The van der Waals surface area contributed by atoms with E-state index in [1.165, 1.54) is 4.90 Å². The third-order valence-electron chi connectivity index (χ3n) is 5.22. The van der Waals surface area contributed by atoms with Crippen molar-refractivity contribution in [2.45, 2.75) is 19.6 Å². The molecule has 4 rings (SSSR count). The molecular formula is C21H19NO4. The summed E-state index contributed by atoms with van der Waals surface area (Å²) < 4.78 is 5.36. The lowest BCUT2D eigenvalue weighted by molar-refractivity contribution is -0.161. The molecule has 0 bridgehead atoms. The monoisotopic (exact) mass is 349 g/mol. The largest absolute Gasteiger partial charge is 0.461 e. The Morgan fingerprint density at radius 1 is 0.923 bits per heavy atom. The van der Waals surface area contributed by atoms with Crippen LogP contribution in [0.4, 0.5) is 0 Å². The first-order valence-electron chi connectivity index (χ1n) is 8.75. The van der Waals surface area contributed by atoms with Crippen molar-refractivity contribution >= 4 is 17.8 Å². The van der Waals surface area contributed by atoms with E-state index in [-0.39, 0.29) is 30.9 Å². The van der Waals surface area contributed by atoms with Gasteiger partial charge in [-0.1, -0.05) is 60.7 Å². The van der Waals surface area contributed by atoms with Crippen LogP contribution in [-0.4, -0.2) is 22.7 Å². The van der Waals surface area contributed by atoms with Gasteiger partial charge in [0.25, 0.3) is 0 Å². The van der Waals surface area contributed by atoms with Crippen molar-refractivity contribution in [2.75, 3.05) is 0 Å². The Balaban J connectivity index is 1.39. The Hall–Kier alpha value is -2.95. The van der Waals surface area contributed by atoms with Crippen LogP contribution in [0.1, 0.15) is 17.5 Å². The predicted octanol–water partition coefficient (Wildman–Crippen LogP) is 2.55. The lowest BCUT2D eigenvalue weighted by atomic mass is 9.66. The number of nitrogens with zero attached hydrogens (tertiary/aromatic N) is 1. The summed E-state index contributed by atoms with van der Waals surface area (Å²) in [4.78, 5) is 38.8. The van der Waals surface area contributed by atoms with Crippen LogP contribution in [0.5, 0.6) is 0 Å². The number of esters is 1. The van der Waals surface area contributed by atoms with E-state index in [0.717, 1.165) is 11.1 Å². The number of carbonyl (C=O) groups is 3. The summed E-state index contributed by atoms with van der Waals surface area (Å²) in [6.45, 7) is 0.445. The van der Waals surface area contributed by atoms with Crippen LogP contribution in [0.25, 0.3) is 0 Å². The normalized spacial score (nSPS) is 24.2. The van der Waals surface area contributed by atoms with Gasteiger partial charge in [0.1, 0.15) is 6.61 Å². The molecule has 0 spiro atoms. The molecule has 132 valence electrons. The molecule has 26 heavy (non-hydrogen) atoms. The average molecular weight is 349 g/mol. The van der Waals surface area contributed by atoms with E-state index < -0.39 is 17.8 Å². The number of carbonyl (C=O) groups excluding carboxylic acids is 3. The molecule has 2 amide bonds. The Bertz CT molecular complexity index is 834. The topological polar surface area (TPSA) is 63.7 Å². The van der Waals surface area contributed by atoms with Crippen LogP contribution < -0.4 is 0 Å². The van der Waals surface area contributed by atoms with E-state index in [4.69, 9.17) is 4.74 Å². The van der Waals surface area contributed by atoms with Gasteiger partial charge in [0.2, 0.25) is 11.8 Å². The molecule has 5 heteroatoms. The summed E-state index contributed by atoms with van der Waals surface area (Å²) >= 11 is 0. The zero-order valence-corrected chi connectivity index (χ0v) is 14.2. The molecule has 2 aliphatic rings. The third-order valence-corrected chi connectivity index (χ3v) is 5.22. The fourth-order valence-corrected chi connectivity index (χ4v) is 3.74. The number of amides is 2. The van der Waals surface area contributed by atoms with Crippen molar-refractivity contribution in [3.63, 3.8) is 0 Å². The first-order valence-corrected chi connectivity index (χ1v) is 8.75. The standard InChI is InChI=1S/C21H19NO4/c23-19-16-11-17(21(25)26-13-15-9-5-2-6-10-15)18(16)20(24)22(19)12-14-7-3-1-4-8-14/h1-10,16-18H,11-13H2. The van der Waals surface area contributed by atoms with Crippen molar-refractivity contribution in [3.8, 4) is 0 Å². The molecule has 3 atom stereocenters. The summed E-state index contributed by atoms with van der Waals surface area (Å²) in [6.07, 6.45) is 0.397. The molecule has 1 heterocycles. The summed E-state index contributed by atoms with van der Waals surface area (Å²) in [5.74, 6) is -2.26. The van der Waals surface area contributed by atoms with Crippen LogP contribution in [0.15, 0.2) is 60.7 Å². The van der Waals surface area contributed by atoms with Crippen molar-refractivity contribution in [1.82, 2.24) is 4.90 Å². The van der Waals surface area contributed by atoms with Gasteiger partial charge in [-0.2, -0.15) is 0 Å². The fraction of sp³-hybridized carbons (Fsp3) is 0.286. The Labute approximate surface area is 151 Å². The zero-order chi connectivity index (χ0) is 18.1. The van der Waals surface area contributed by atoms with Gasteiger partial charge in [0, 0.05) is 0 Å². The minimum Gasteiger partial charge on any atom is -0.461 e. The number of ether oxygens (including phenoxy) is 1. The van der Waals surface area contributed by atoms with Gasteiger partial charge in [0.15, 0.2) is 0 Å². The van der Waals surface area contributed by atoms with Crippen molar-refractivity contribution in [3.05, 3.63) is 71.8 Å². The average Bonchev–Trinajstić information content (AvgIpc) is 2.81. The highest BCUT2D eigenvalue weighted by molar-refractivity contribution is 6.08. The van der Waals surface area contributed by atoms with Crippen molar-refractivity contribution in [2.24, 2.45) is 17.8 Å². The molecule has 0 N–H and O–H groups in total. The van der Waals surface area contributed by atoms with Crippen LogP contribution in [0, 0.1) is 17.8 Å². The fourth-order valence-electron chi connectivity index (χ4n) is 3.74.